The second-order valence-corrected chi connectivity index (χ2v) is 10.9. The van der Waals surface area contributed by atoms with Crippen molar-refractivity contribution in [1.82, 2.24) is 19.5 Å². The zero-order chi connectivity index (χ0) is 29.0. The smallest absolute Gasteiger partial charge is 0.164 e. The van der Waals surface area contributed by atoms with Gasteiger partial charge in [0.2, 0.25) is 0 Å². The highest BCUT2D eigenvalue weighted by atomic mass is 16.3. The van der Waals surface area contributed by atoms with Gasteiger partial charge < -0.3 is 8.98 Å². The number of para-hydroxylation sites is 2. The summed E-state index contributed by atoms with van der Waals surface area (Å²) in [4.78, 5) is 14.6. The molecule has 0 N–H and O–H groups in total. The Morgan fingerprint density at radius 1 is 0.386 bits per heavy atom. The lowest BCUT2D eigenvalue weighted by atomic mass is 10.1. The van der Waals surface area contributed by atoms with Gasteiger partial charge in [0.25, 0.3) is 0 Å². The molecule has 5 heteroatoms. The van der Waals surface area contributed by atoms with Crippen LogP contribution in [0.25, 0.3) is 83.6 Å². The molecule has 0 fully saturated rings. The van der Waals surface area contributed by atoms with Crippen LogP contribution in [0.4, 0.5) is 0 Å². The molecule has 3 aromatic heterocycles. The lowest BCUT2D eigenvalue weighted by Crippen LogP contribution is -2.00. The molecule has 0 radical (unpaired) electrons. The van der Waals surface area contributed by atoms with E-state index in [2.05, 4.69) is 77.4 Å². The van der Waals surface area contributed by atoms with E-state index in [0.29, 0.717) is 17.5 Å². The van der Waals surface area contributed by atoms with Gasteiger partial charge in [-0.15, -0.1) is 0 Å². The third kappa shape index (κ3) is 3.91. The van der Waals surface area contributed by atoms with Gasteiger partial charge in [-0.2, -0.15) is 0 Å². The molecule has 0 saturated heterocycles. The van der Waals surface area contributed by atoms with E-state index >= 15 is 0 Å². The summed E-state index contributed by atoms with van der Waals surface area (Å²) in [5.74, 6) is 1.93. The van der Waals surface area contributed by atoms with E-state index in [9.17, 15) is 0 Å². The standard InChI is InChI=1S/C39H24N4O/c1-3-11-25(12-4-1)37-40-38(26-13-5-2-6-14-26)42-39(41-37)27-19-21-28(22-20-27)43-33-17-9-7-15-29(33)31-23-32-30-16-8-10-18-35(30)44-36(32)24-34(31)43/h1-24H. The van der Waals surface area contributed by atoms with Gasteiger partial charge in [0.1, 0.15) is 11.2 Å². The normalized spacial score (nSPS) is 11.6. The average molecular weight is 565 g/mol. The lowest BCUT2D eigenvalue weighted by Gasteiger charge is -2.10. The van der Waals surface area contributed by atoms with Crippen LogP contribution in [-0.2, 0) is 0 Å². The van der Waals surface area contributed by atoms with E-state index in [4.69, 9.17) is 19.4 Å². The second kappa shape index (κ2) is 9.75. The maximum Gasteiger partial charge on any atom is 0.164 e. The molecule has 0 spiro atoms. The van der Waals surface area contributed by atoms with Gasteiger partial charge in [-0.3, -0.25) is 0 Å². The highest BCUT2D eigenvalue weighted by Gasteiger charge is 2.17. The molecule has 0 bridgehead atoms. The Morgan fingerprint density at radius 3 is 1.59 bits per heavy atom. The fourth-order valence-electron chi connectivity index (χ4n) is 6.16. The lowest BCUT2D eigenvalue weighted by molar-refractivity contribution is 0.669. The molecule has 9 rings (SSSR count). The first-order chi connectivity index (χ1) is 21.8. The van der Waals surface area contributed by atoms with Gasteiger partial charge in [-0.25, -0.2) is 15.0 Å². The van der Waals surface area contributed by atoms with E-state index in [1.54, 1.807) is 0 Å². The summed E-state index contributed by atoms with van der Waals surface area (Å²) in [6, 6.07) is 49.8. The minimum absolute atomic E-state index is 0.635. The van der Waals surface area contributed by atoms with Gasteiger partial charge in [0.05, 0.1) is 11.0 Å². The van der Waals surface area contributed by atoms with Crippen molar-refractivity contribution in [3.05, 3.63) is 146 Å². The van der Waals surface area contributed by atoms with Crippen LogP contribution in [0.5, 0.6) is 0 Å². The molecule has 9 aromatic rings. The van der Waals surface area contributed by atoms with Crippen LogP contribution in [0.15, 0.2) is 150 Å². The Kier molecular flexibility index (Phi) is 5.43. The summed E-state index contributed by atoms with van der Waals surface area (Å²) in [5, 5.41) is 4.66. The van der Waals surface area contributed by atoms with Crippen LogP contribution in [-0.4, -0.2) is 19.5 Å². The second-order valence-electron chi connectivity index (χ2n) is 10.9. The third-order valence-corrected chi connectivity index (χ3v) is 8.25. The number of aromatic nitrogens is 4. The maximum atomic E-state index is 6.28. The van der Waals surface area contributed by atoms with Crippen LogP contribution < -0.4 is 0 Å². The molecule has 0 atom stereocenters. The van der Waals surface area contributed by atoms with E-state index < -0.39 is 0 Å². The van der Waals surface area contributed by atoms with Crippen molar-refractivity contribution in [2.75, 3.05) is 0 Å². The molecular formula is C39H24N4O. The minimum atomic E-state index is 0.635. The monoisotopic (exact) mass is 564 g/mol. The summed E-state index contributed by atoms with van der Waals surface area (Å²) in [5.41, 5.74) is 7.90. The molecule has 0 saturated carbocycles. The summed E-state index contributed by atoms with van der Waals surface area (Å²) in [6.07, 6.45) is 0. The van der Waals surface area contributed by atoms with Crippen molar-refractivity contribution in [3.63, 3.8) is 0 Å². The first kappa shape index (κ1) is 24.5. The number of rotatable bonds is 4. The molecule has 44 heavy (non-hydrogen) atoms. The number of hydrogen-bond acceptors (Lipinski definition) is 4. The Bertz CT molecular complexity index is 2420. The Balaban J connectivity index is 1.21. The Morgan fingerprint density at radius 2 is 0.932 bits per heavy atom. The minimum Gasteiger partial charge on any atom is -0.456 e. The van der Waals surface area contributed by atoms with Gasteiger partial charge in [-0.1, -0.05) is 97.1 Å². The molecule has 0 aliphatic heterocycles. The van der Waals surface area contributed by atoms with E-state index in [1.807, 2.05) is 72.8 Å². The molecule has 6 aromatic carbocycles. The van der Waals surface area contributed by atoms with Gasteiger partial charge in [0.15, 0.2) is 17.5 Å². The predicted octanol–water partition coefficient (Wildman–Crippen LogP) is 9.87. The van der Waals surface area contributed by atoms with Crippen LogP contribution in [0.3, 0.4) is 0 Å². The third-order valence-electron chi connectivity index (χ3n) is 8.25. The number of furan rings is 1. The fraction of sp³-hybridized carbons (Fsp3) is 0. The Labute approximate surface area is 252 Å². The van der Waals surface area contributed by atoms with Crippen molar-refractivity contribution in [2.24, 2.45) is 0 Å². The largest absolute Gasteiger partial charge is 0.456 e. The SMILES string of the molecule is c1ccc(-c2nc(-c3ccccc3)nc(-c3ccc(-n4c5ccccc5c5cc6c(cc54)oc4ccccc46)cc3)n2)cc1. The number of fused-ring (bicyclic) bond motifs is 6. The topological polar surface area (TPSA) is 56.7 Å². The van der Waals surface area contributed by atoms with Crippen molar-refractivity contribution in [3.8, 4) is 39.9 Å². The van der Waals surface area contributed by atoms with Gasteiger partial charge in [-0.05, 0) is 42.5 Å². The zero-order valence-electron chi connectivity index (χ0n) is 23.6. The average Bonchev–Trinajstić information content (AvgIpc) is 3.62. The highest BCUT2D eigenvalue weighted by molar-refractivity contribution is 6.17. The van der Waals surface area contributed by atoms with Crippen LogP contribution in [0.1, 0.15) is 0 Å². The zero-order valence-corrected chi connectivity index (χ0v) is 23.6. The molecule has 5 nitrogen and oxygen atoms in total. The fourth-order valence-corrected chi connectivity index (χ4v) is 6.16. The van der Waals surface area contributed by atoms with Crippen molar-refractivity contribution in [2.45, 2.75) is 0 Å². The summed E-state index contributed by atoms with van der Waals surface area (Å²) >= 11 is 0. The van der Waals surface area contributed by atoms with Crippen LogP contribution in [0, 0.1) is 0 Å². The van der Waals surface area contributed by atoms with Crippen molar-refractivity contribution >= 4 is 43.7 Å². The van der Waals surface area contributed by atoms with Gasteiger partial charge >= 0.3 is 0 Å². The summed E-state index contributed by atoms with van der Waals surface area (Å²) < 4.78 is 8.59. The first-order valence-corrected chi connectivity index (χ1v) is 14.6. The molecule has 0 unspecified atom stereocenters. The molecular weight excluding hydrogens is 540 g/mol. The molecule has 3 heterocycles. The molecule has 0 amide bonds. The van der Waals surface area contributed by atoms with E-state index in [-0.39, 0.29) is 0 Å². The van der Waals surface area contributed by atoms with E-state index in [0.717, 1.165) is 55.3 Å². The summed E-state index contributed by atoms with van der Waals surface area (Å²) in [7, 11) is 0. The number of nitrogens with zero attached hydrogens (tertiary/aromatic N) is 4. The maximum absolute atomic E-state index is 6.28. The Hall–Kier alpha value is -6.07. The van der Waals surface area contributed by atoms with Crippen molar-refractivity contribution in [1.29, 1.82) is 0 Å². The number of benzene rings is 6. The summed E-state index contributed by atoms with van der Waals surface area (Å²) in [6.45, 7) is 0. The number of hydrogen-bond donors (Lipinski definition) is 0. The predicted molar refractivity (Wildman–Crippen MR) is 178 cm³/mol. The molecule has 0 aliphatic carbocycles. The van der Waals surface area contributed by atoms with Crippen LogP contribution in [0.2, 0.25) is 0 Å². The molecule has 206 valence electrons. The first-order valence-electron chi connectivity index (χ1n) is 14.6. The van der Waals surface area contributed by atoms with Gasteiger partial charge in [0, 0.05) is 50.0 Å². The van der Waals surface area contributed by atoms with Crippen molar-refractivity contribution < 1.29 is 4.42 Å². The molecule has 0 aliphatic rings. The van der Waals surface area contributed by atoms with Crippen LogP contribution >= 0.6 is 0 Å². The highest BCUT2D eigenvalue weighted by Crippen LogP contribution is 2.38. The van der Waals surface area contributed by atoms with E-state index in [1.165, 1.54) is 10.8 Å². The quantitative estimate of drug-likeness (QED) is 0.213.